The van der Waals surface area contributed by atoms with Crippen LogP contribution in [-0.4, -0.2) is 39.4 Å². The molecule has 0 aliphatic rings. The Kier molecular flexibility index (Phi) is 4.41. The topological polar surface area (TPSA) is 81.9 Å². The molecule has 0 bridgehead atoms. The highest BCUT2D eigenvalue weighted by atomic mass is 35.5. The second-order valence-corrected chi connectivity index (χ2v) is 4.47. The van der Waals surface area contributed by atoms with Gasteiger partial charge in [-0.3, -0.25) is 0 Å². The Morgan fingerprint density at radius 2 is 2.20 bits per heavy atom. The average Bonchev–Trinajstić information content (AvgIpc) is 2.90. The van der Waals surface area contributed by atoms with Gasteiger partial charge in [0.2, 0.25) is 0 Å². The maximum absolute atomic E-state index is 11.3. The van der Waals surface area contributed by atoms with Crippen LogP contribution in [0.2, 0.25) is 10.0 Å². The van der Waals surface area contributed by atoms with Gasteiger partial charge in [0, 0.05) is 6.54 Å². The van der Waals surface area contributed by atoms with Gasteiger partial charge in [-0.2, -0.15) is 0 Å². The Morgan fingerprint density at radius 3 is 2.85 bits per heavy atom. The second-order valence-electron chi connectivity index (χ2n) is 3.66. The van der Waals surface area contributed by atoms with Crippen LogP contribution in [0.3, 0.4) is 0 Å². The lowest BCUT2D eigenvalue weighted by molar-refractivity contribution is 0.0587. The highest BCUT2D eigenvalue weighted by molar-refractivity contribution is 6.36. The number of aromatic nitrogens is 4. The van der Waals surface area contributed by atoms with Crippen LogP contribution in [0.1, 0.15) is 17.5 Å². The lowest BCUT2D eigenvalue weighted by atomic mass is 10.4. The summed E-state index contributed by atoms with van der Waals surface area (Å²) >= 11 is 12.1. The number of rotatable bonds is 4. The van der Waals surface area contributed by atoms with Crippen molar-refractivity contribution in [3.05, 3.63) is 28.3 Å². The number of nitrogens with one attached hydrogen (secondary N) is 1. The Hall–Kier alpha value is -1.86. The molecule has 2 aromatic rings. The van der Waals surface area contributed by atoms with Gasteiger partial charge in [0.25, 0.3) is 5.82 Å². The fraction of sp³-hybridized carbons (Fsp3) is 0.273. The van der Waals surface area contributed by atoms with Crippen LogP contribution < -0.4 is 5.32 Å². The van der Waals surface area contributed by atoms with E-state index in [-0.39, 0.29) is 10.8 Å². The second kappa shape index (κ2) is 6.06. The fourth-order valence-electron chi connectivity index (χ4n) is 1.46. The zero-order valence-corrected chi connectivity index (χ0v) is 12.2. The van der Waals surface area contributed by atoms with Gasteiger partial charge in [-0.25, -0.2) is 19.4 Å². The van der Waals surface area contributed by atoms with Crippen molar-refractivity contribution in [3.8, 4) is 5.82 Å². The van der Waals surface area contributed by atoms with E-state index in [1.54, 1.807) is 6.07 Å². The first-order valence-corrected chi connectivity index (χ1v) is 6.42. The van der Waals surface area contributed by atoms with Crippen LogP contribution in [0.25, 0.3) is 5.82 Å². The number of carbonyl (C=O) groups is 1. The molecule has 106 valence electrons. The molecule has 0 radical (unpaired) electrons. The van der Waals surface area contributed by atoms with Crippen molar-refractivity contribution in [1.29, 1.82) is 0 Å². The van der Waals surface area contributed by atoms with Crippen molar-refractivity contribution in [2.75, 3.05) is 19.0 Å². The maximum Gasteiger partial charge on any atom is 0.377 e. The van der Waals surface area contributed by atoms with Gasteiger partial charge in [-0.15, -0.1) is 5.10 Å². The Labute approximate surface area is 124 Å². The Bertz CT molecular complexity index is 644. The summed E-state index contributed by atoms with van der Waals surface area (Å²) in [5.74, 6) is 0.0735. The molecule has 0 amide bonds. The van der Waals surface area contributed by atoms with E-state index in [1.807, 2.05) is 6.92 Å². The quantitative estimate of drug-likeness (QED) is 0.871. The SMILES string of the molecule is CCNc1nc(-n2cnc(C(=O)OC)n2)c(Cl)cc1Cl. The molecule has 0 aliphatic heterocycles. The monoisotopic (exact) mass is 315 g/mol. The number of halogens is 2. The number of anilines is 1. The summed E-state index contributed by atoms with van der Waals surface area (Å²) in [6, 6.07) is 1.54. The van der Waals surface area contributed by atoms with Crippen molar-refractivity contribution in [3.63, 3.8) is 0 Å². The molecular formula is C11H11Cl2N5O2. The number of methoxy groups -OCH3 is 1. The zero-order chi connectivity index (χ0) is 14.7. The van der Waals surface area contributed by atoms with Gasteiger partial charge >= 0.3 is 5.97 Å². The maximum atomic E-state index is 11.3. The van der Waals surface area contributed by atoms with E-state index in [1.165, 1.54) is 18.1 Å². The number of ether oxygens (including phenoxy) is 1. The van der Waals surface area contributed by atoms with Crippen LogP contribution in [0, 0.1) is 0 Å². The van der Waals surface area contributed by atoms with E-state index in [2.05, 4.69) is 25.1 Å². The third-order valence-electron chi connectivity index (χ3n) is 2.33. The first-order chi connectivity index (χ1) is 9.56. The molecule has 0 atom stereocenters. The summed E-state index contributed by atoms with van der Waals surface area (Å²) in [4.78, 5) is 19.4. The fourth-order valence-corrected chi connectivity index (χ4v) is 1.97. The van der Waals surface area contributed by atoms with Crippen LogP contribution in [0.15, 0.2) is 12.4 Å². The largest absolute Gasteiger partial charge is 0.463 e. The van der Waals surface area contributed by atoms with Crippen LogP contribution in [0.4, 0.5) is 5.82 Å². The zero-order valence-electron chi connectivity index (χ0n) is 10.7. The van der Waals surface area contributed by atoms with E-state index in [9.17, 15) is 4.79 Å². The van der Waals surface area contributed by atoms with Gasteiger partial charge in [0.05, 0.1) is 17.2 Å². The van der Waals surface area contributed by atoms with Crippen molar-refractivity contribution >= 4 is 35.0 Å². The lowest BCUT2D eigenvalue weighted by Crippen LogP contribution is -2.08. The summed E-state index contributed by atoms with van der Waals surface area (Å²) in [5.41, 5.74) is 0. The first kappa shape index (κ1) is 14.5. The number of carbonyl (C=O) groups excluding carboxylic acids is 1. The third kappa shape index (κ3) is 2.83. The van der Waals surface area contributed by atoms with Crippen LogP contribution in [0.5, 0.6) is 0 Å². The molecule has 0 saturated carbocycles. The van der Waals surface area contributed by atoms with E-state index in [0.29, 0.717) is 23.2 Å². The molecule has 2 heterocycles. The van der Waals surface area contributed by atoms with Crippen molar-refractivity contribution < 1.29 is 9.53 Å². The summed E-state index contributed by atoms with van der Waals surface area (Å²) in [6.45, 7) is 2.57. The minimum Gasteiger partial charge on any atom is -0.463 e. The van der Waals surface area contributed by atoms with E-state index < -0.39 is 5.97 Å². The van der Waals surface area contributed by atoms with Crippen LogP contribution >= 0.6 is 23.2 Å². The summed E-state index contributed by atoms with van der Waals surface area (Å²) < 4.78 is 5.82. The highest BCUT2D eigenvalue weighted by Gasteiger charge is 2.16. The van der Waals surface area contributed by atoms with Gasteiger partial charge in [0.1, 0.15) is 12.1 Å². The van der Waals surface area contributed by atoms with E-state index >= 15 is 0 Å². The number of hydrogen-bond donors (Lipinski definition) is 1. The van der Waals surface area contributed by atoms with E-state index in [0.717, 1.165) is 0 Å². The van der Waals surface area contributed by atoms with Gasteiger partial charge in [0.15, 0.2) is 5.82 Å². The molecule has 2 aromatic heterocycles. The number of pyridine rings is 1. The summed E-state index contributed by atoms with van der Waals surface area (Å²) in [5, 5.41) is 7.64. The average molecular weight is 316 g/mol. The number of hydrogen-bond acceptors (Lipinski definition) is 6. The molecule has 7 nitrogen and oxygen atoms in total. The third-order valence-corrected chi connectivity index (χ3v) is 2.90. The summed E-state index contributed by atoms with van der Waals surface area (Å²) in [6.07, 6.45) is 1.32. The predicted octanol–water partition coefficient (Wildman–Crippen LogP) is 2.19. The van der Waals surface area contributed by atoms with E-state index in [4.69, 9.17) is 23.2 Å². The molecule has 9 heteroatoms. The summed E-state index contributed by atoms with van der Waals surface area (Å²) in [7, 11) is 1.25. The number of nitrogens with zero attached hydrogens (tertiary/aromatic N) is 4. The molecule has 0 saturated heterocycles. The highest BCUT2D eigenvalue weighted by Crippen LogP contribution is 2.27. The Morgan fingerprint density at radius 1 is 1.45 bits per heavy atom. The minimum absolute atomic E-state index is 0.0784. The predicted molar refractivity (Wildman–Crippen MR) is 74.7 cm³/mol. The van der Waals surface area contributed by atoms with Gasteiger partial charge in [-0.05, 0) is 13.0 Å². The molecule has 0 fully saturated rings. The molecule has 2 rings (SSSR count). The standard InChI is InChI=1S/C11H11Cl2N5O2/c1-3-14-8-6(12)4-7(13)10(16-8)18-5-15-9(17-18)11(19)20-2/h4-5H,3H2,1-2H3,(H,14,16). The van der Waals surface area contributed by atoms with Gasteiger partial charge < -0.3 is 10.1 Å². The normalized spacial score (nSPS) is 10.4. The van der Waals surface area contributed by atoms with Crippen molar-refractivity contribution in [2.24, 2.45) is 0 Å². The molecule has 0 spiro atoms. The smallest absolute Gasteiger partial charge is 0.377 e. The molecular weight excluding hydrogens is 305 g/mol. The van der Waals surface area contributed by atoms with Gasteiger partial charge in [-0.1, -0.05) is 23.2 Å². The molecule has 20 heavy (non-hydrogen) atoms. The molecule has 0 aromatic carbocycles. The number of esters is 1. The van der Waals surface area contributed by atoms with Crippen molar-refractivity contribution in [2.45, 2.75) is 6.92 Å². The molecule has 0 aliphatic carbocycles. The Balaban J connectivity index is 2.44. The lowest BCUT2D eigenvalue weighted by Gasteiger charge is -2.09. The molecule has 0 unspecified atom stereocenters. The molecule has 1 N–H and O–H groups in total. The first-order valence-electron chi connectivity index (χ1n) is 5.67. The van der Waals surface area contributed by atoms with Crippen molar-refractivity contribution in [1.82, 2.24) is 19.7 Å². The van der Waals surface area contributed by atoms with Crippen LogP contribution in [-0.2, 0) is 4.74 Å². The minimum atomic E-state index is -0.638.